The first-order valence-electron chi connectivity index (χ1n) is 6.19. The molecule has 0 spiro atoms. The molecule has 0 aliphatic heterocycles. The smallest absolute Gasteiger partial charge is 0.337 e. The molecule has 1 N–H and O–H groups in total. The van der Waals surface area contributed by atoms with Crippen LogP contribution in [0.2, 0.25) is 0 Å². The summed E-state index contributed by atoms with van der Waals surface area (Å²) in [6, 6.07) is 6.38. The summed E-state index contributed by atoms with van der Waals surface area (Å²) in [6.45, 7) is 1.89. The highest BCUT2D eigenvalue weighted by Gasteiger charge is 2.16. The number of amides is 1. The van der Waals surface area contributed by atoms with Gasteiger partial charge in [-0.3, -0.25) is 4.79 Å². The number of carboxylic acid groups (broad SMARTS) is 1. The van der Waals surface area contributed by atoms with Gasteiger partial charge in [0.25, 0.3) is 5.91 Å². The van der Waals surface area contributed by atoms with Crippen LogP contribution in [0, 0.1) is 6.92 Å². The molecule has 0 aliphatic rings. The second kappa shape index (κ2) is 6.32. The molecule has 1 aromatic heterocycles. The fourth-order valence-corrected chi connectivity index (χ4v) is 2.37. The van der Waals surface area contributed by atoms with E-state index in [0.29, 0.717) is 11.4 Å². The Morgan fingerprint density at radius 1 is 1.33 bits per heavy atom. The van der Waals surface area contributed by atoms with Gasteiger partial charge in [-0.05, 0) is 25.1 Å². The SMILES string of the molecule is Cc1nc(/C=C/C(=O)N(C)c2ccccc2C(=O)O)cs1. The number of rotatable bonds is 4. The normalized spacial score (nSPS) is 10.8. The van der Waals surface area contributed by atoms with E-state index >= 15 is 0 Å². The number of hydrogen-bond acceptors (Lipinski definition) is 4. The topological polar surface area (TPSA) is 70.5 Å². The number of aromatic carboxylic acids is 1. The Kier molecular flexibility index (Phi) is 4.49. The number of para-hydroxylation sites is 1. The van der Waals surface area contributed by atoms with Crippen molar-refractivity contribution in [2.75, 3.05) is 11.9 Å². The number of carbonyl (C=O) groups is 2. The first kappa shape index (κ1) is 14.9. The van der Waals surface area contributed by atoms with Crippen LogP contribution in [0.5, 0.6) is 0 Å². The first-order chi connectivity index (χ1) is 9.99. The standard InChI is InChI=1S/C15H14N2O3S/c1-10-16-11(9-21-10)7-8-14(18)17(2)13-6-4-3-5-12(13)15(19)20/h3-9H,1-2H3,(H,19,20)/b8-7+. The van der Waals surface area contributed by atoms with Gasteiger partial charge in [-0.25, -0.2) is 9.78 Å². The second-order valence-electron chi connectivity index (χ2n) is 4.34. The zero-order valence-electron chi connectivity index (χ0n) is 11.6. The van der Waals surface area contributed by atoms with Crippen LogP contribution in [-0.2, 0) is 4.79 Å². The Morgan fingerprint density at radius 3 is 2.67 bits per heavy atom. The molecule has 0 fully saturated rings. The van der Waals surface area contributed by atoms with Crippen LogP contribution in [0.15, 0.2) is 35.7 Å². The van der Waals surface area contributed by atoms with Gasteiger partial charge in [0.1, 0.15) is 0 Å². The highest BCUT2D eigenvalue weighted by molar-refractivity contribution is 7.09. The van der Waals surface area contributed by atoms with Crippen molar-refractivity contribution in [2.45, 2.75) is 6.92 Å². The maximum atomic E-state index is 12.1. The highest BCUT2D eigenvalue weighted by Crippen LogP contribution is 2.19. The Hall–Kier alpha value is -2.47. The third-order valence-electron chi connectivity index (χ3n) is 2.86. The van der Waals surface area contributed by atoms with Crippen molar-refractivity contribution in [1.29, 1.82) is 0 Å². The van der Waals surface area contributed by atoms with Crippen molar-refractivity contribution < 1.29 is 14.7 Å². The highest BCUT2D eigenvalue weighted by atomic mass is 32.1. The molecule has 2 aromatic rings. The molecular formula is C15H14N2O3S. The molecule has 0 saturated heterocycles. The molecule has 6 heteroatoms. The maximum Gasteiger partial charge on any atom is 0.337 e. The summed E-state index contributed by atoms with van der Waals surface area (Å²) in [6.07, 6.45) is 3.00. The average molecular weight is 302 g/mol. The van der Waals surface area contributed by atoms with E-state index in [4.69, 9.17) is 5.11 Å². The minimum absolute atomic E-state index is 0.0891. The van der Waals surface area contributed by atoms with Crippen LogP contribution in [0.3, 0.4) is 0 Å². The lowest BCUT2D eigenvalue weighted by molar-refractivity contribution is -0.113. The third kappa shape index (κ3) is 3.55. The predicted octanol–water partition coefficient (Wildman–Crippen LogP) is 2.83. The number of carboxylic acids is 1. The molecule has 0 bridgehead atoms. The fourth-order valence-electron chi connectivity index (χ4n) is 1.79. The van der Waals surface area contributed by atoms with Gasteiger partial charge in [0, 0.05) is 18.5 Å². The van der Waals surface area contributed by atoms with Gasteiger partial charge in [0.15, 0.2) is 0 Å². The van der Waals surface area contributed by atoms with Gasteiger partial charge in [-0.2, -0.15) is 0 Å². The van der Waals surface area contributed by atoms with E-state index in [0.717, 1.165) is 5.01 Å². The van der Waals surface area contributed by atoms with Crippen molar-refractivity contribution in [3.05, 3.63) is 52.0 Å². The second-order valence-corrected chi connectivity index (χ2v) is 5.41. The maximum absolute atomic E-state index is 12.1. The van der Waals surface area contributed by atoms with Crippen LogP contribution < -0.4 is 4.90 Å². The van der Waals surface area contributed by atoms with E-state index in [1.165, 1.54) is 28.4 Å². The number of aryl methyl sites for hydroxylation is 1. The lowest BCUT2D eigenvalue weighted by Gasteiger charge is -2.17. The van der Waals surface area contributed by atoms with Gasteiger partial charge in [0.05, 0.1) is 22.0 Å². The number of likely N-dealkylation sites (N-methyl/N-ethyl adjacent to an activating group) is 1. The number of nitrogens with zero attached hydrogens (tertiary/aromatic N) is 2. The molecule has 1 amide bonds. The first-order valence-corrected chi connectivity index (χ1v) is 7.07. The zero-order chi connectivity index (χ0) is 15.4. The van der Waals surface area contributed by atoms with Crippen LogP contribution in [-0.4, -0.2) is 29.0 Å². The molecule has 1 aromatic carbocycles. The van der Waals surface area contributed by atoms with Gasteiger partial charge < -0.3 is 10.0 Å². The van der Waals surface area contributed by atoms with Crippen molar-refractivity contribution in [3.63, 3.8) is 0 Å². The molecule has 2 rings (SSSR count). The summed E-state index contributed by atoms with van der Waals surface area (Å²) < 4.78 is 0. The molecular weight excluding hydrogens is 288 g/mol. The van der Waals surface area contributed by atoms with Gasteiger partial charge in [0.2, 0.25) is 0 Å². The van der Waals surface area contributed by atoms with Crippen molar-refractivity contribution in [2.24, 2.45) is 0 Å². The largest absolute Gasteiger partial charge is 0.478 e. The minimum atomic E-state index is -1.07. The summed E-state index contributed by atoms with van der Waals surface area (Å²) in [5.74, 6) is -1.38. The quantitative estimate of drug-likeness (QED) is 0.882. The Balaban J connectivity index is 2.20. The lowest BCUT2D eigenvalue weighted by Crippen LogP contribution is -2.25. The van der Waals surface area contributed by atoms with E-state index < -0.39 is 5.97 Å². The molecule has 0 radical (unpaired) electrons. The van der Waals surface area contributed by atoms with E-state index in [9.17, 15) is 9.59 Å². The molecule has 108 valence electrons. The summed E-state index contributed by atoms with van der Waals surface area (Å²) >= 11 is 1.50. The molecule has 0 aliphatic carbocycles. The molecule has 0 unspecified atom stereocenters. The fraction of sp³-hybridized carbons (Fsp3) is 0.133. The molecule has 5 nitrogen and oxygen atoms in total. The lowest BCUT2D eigenvalue weighted by atomic mass is 10.1. The summed E-state index contributed by atoms with van der Waals surface area (Å²) in [5, 5.41) is 11.9. The van der Waals surface area contributed by atoms with Crippen molar-refractivity contribution in [1.82, 2.24) is 4.98 Å². The zero-order valence-corrected chi connectivity index (χ0v) is 12.4. The van der Waals surface area contributed by atoms with Crippen LogP contribution >= 0.6 is 11.3 Å². The number of anilines is 1. The predicted molar refractivity (Wildman–Crippen MR) is 82.7 cm³/mol. The van der Waals surface area contributed by atoms with Crippen molar-refractivity contribution >= 4 is 35.0 Å². The van der Waals surface area contributed by atoms with Crippen LogP contribution in [0.25, 0.3) is 6.08 Å². The van der Waals surface area contributed by atoms with Gasteiger partial charge in [-0.15, -0.1) is 11.3 Å². The monoisotopic (exact) mass is 302 g/mol. The van der Waals surface area contributed by atoms with E-state index in [-0.39, 0.29) is 11.5 Å². The number of thiazole rings is 1. The molecule has 0 atom stereocenters. The number of carbonyl (C=O) groups excluding carboxylic acids is 1. The Labute approximate surface area is 126 Å². The minimum Gasteiger partial charge on any atom is -0.478 e. The molecule has 0 saturated carbocycles. The number of aromatic nitrogens is 1. The molecule has 21 heavy (non-hydrogen) atoms. The number of hydrogen-bond donors (Lipinski definition) is 1. The van der Waals surface area contributed by atoms with Crippen LogP contribution in [0.4, 0.5) is 5.69 Å². The summed E-state index contributed by atoms with van der Waals surface area (Å²) in [5.41, 5.74) is 1.16. The third-order valence-corrected chi connectivity index (χ3v) is 3.65. The Morgan fingerprint density at radius 2 is 2.05 bits per heavy atom. The van der Waals surface area contributed by atoms with Crippen molar-refractivity contribution in [3.8, 4) is 0 Å². The number of benzene rings is 1. The average Bonchev–Trinajstić information content (AvgIpc) is 2.89. The Bertz CT molecular complexity index is 706. The van der Waals surface area contributed by atoms with E-state index in [2.05, 4.69) is 4.98 Å². The van der Waals surface area contributed by atoms with E-state index in [1.54, 1.807) is 31.3 Å². The van der Waals surface area contributed by atoms with Gasteiger partial charge in [-0.1, -0.05) is 12.1 Å². The summed E-state index contributed by atoms with van der Waals surface area (Å²) in [4.78, 5) is 28.8. The summed E-state index contributed by atoms with van der Waals surface area (Å²) in [7, 11) is 1.54. The van der Waals surface area contributed by atoms with Crippen LogP contribution in [0.1, 0.15) is 21.1 Å². The molecule has 1 heterocycles. The van der Waals surface area contributed by atoms with E-state index in [1.807, 2.05) is 12.3 Å². The van der Waals surface area contributed by atoms with Gasteiger partial charge >= 0.3 is 5.97 Å².